The quantitative estimate of drug-likeness (QED) is 0.737. The molecule has 0 aliphatic carbocycles. The van der Waals surface area contributed by atoms with Crippen molar-refractivity contribution in [1.29, 1.82) is 0 Å². The zero-order valence-corrected chi connectivity index (χ0v) is 12.4. The van der Waals surface area contributed by atoms with Gasteiger partial charge in [-0.15, -0.1) is 0 Å². The van der Waals surface area contributed by atoms with Gasteiger partial charge >= 0.3 is 0 Å². The second-order valence-corrected chi connectivity index (χ2v) is 6.09. The molecule has 0 saturated carbocycles. The fraction of sp³-hybridized carbons (Fsp3) is 0.600. The molecule has 1 aromatic carbocycles. The van der Waals surface area contributed by atoms with Crippen molar-refractivity contribution in [2.24, 2.45) is 0 Å². The van der Waals surface area contributed by atoms with Gasteiger partial charge in [0.15, 0.2) is 0 Å². The van der Waals surface area contributed by atoms with E-state index in [2.05, 4.69) is 51.2 Å². The molecule has 1 nitrogen and oxygen atoms in total. The molecule has 0 aliphatic rings. The predicted octanol–water partition coefficient (Wildman–Crippen LogP) is 3.92. The Hall–Kier alpha value is -0.470. The zero-order valence-electron chi connectivity index (χ0n) is 11.5. The highest BCUT2D eigenvalue weighted by Gasteiger charge is 2.03. The Bertz CT molecular complexity index is 336. The molecule has 0 aliphatic heterocycles. The third-order valence-electron chi connectivity index (χ3n) is 3.04. The average Bonchev–Trinajstić information content (AvgIpc) is 2.28. The standard InChI is InChI=1S/C15H25NS/c1-5-17-9-8-14(4)16-11-15-7-6-12(2)10-13(15)3/h6-7,10,14,16H,5,8-9,11H2,1-4H3. The van der Waals surface area contributed by atoms with E-state index in [0.717, 1.165) is 6.54 Å². The summed E-state index contributed by atoms with van der Waals surface area (Å²) in [6.07, 6.45) is 1.25. The lowest BCUT2D eigenvalue weighted by Gasteiger charge is -2.15. The lowest BCUT2D eigenvalue weighted by Crippen LogP contribution is -2.26. The molecule has 0 heterocycles. The SMILES string of the molecule is CCSCCC(C)NCc1ccc(C)cc1C. The molecular formula is C15H25NS. The summed E-state index contributed by atoms with van der Waals surface area (Å²) in [5.74, 6) is 2.49. The van der Waals surface area contributed by atoms with E-state index in [1.54, 1.807) is 0 Å². The van der Waals surface area contributed by atoms with E-state index in [1.165, 1.54) is 34.6 Å². The molecule has 0 amide bonds. The van der Waals surface area contributed by atoms with E-state index in [0.29, 0.717) is 6.04 Å². The second kappa shape index (κ2) is 7.78. The summed E-state index contributed by atoms with van der Waals surface area (Å²) in [6, 6.07) is 7.30. The smallest absolute Gasteiger partial charge is 0.0210 e. The molecule has 1 N–H and O–H groups in total. The molecular weight excluding hydrogens is 226 g/mol. The van der Waals surface area contributed by atoms with Gasteiger partial charge in [0, 0.05) is 12.6 Å². The van der Waals surface area contributed by atoms with Crippen LogP contribution in [0, 0.1) is 13.8 Å². The number of aryl methyl sites for hydroxylation is 2. The van der Waals surface area contributed by atoms with Crippen molar-refractivity contribution >= 4 is 11.8 Å². The van der Waals surface area contributed by atoms with E-state index in [9.17, 15) is 0 Å². The van der Waals surface area contributed by atoms with E-state index in [1.807, 2.05) is 11.8 Å². The van der Waals surface area contributed by atoms with Crippen molar-refractivity contribution in [2.45, 2.75) is 46.7 Å². The minimum atomic E-state index is 0.606. The van der Waals surface area contributed by atoms with Gasteiger partial charge in [-0.3, -0.25) is 0 Å². The zero-order chi connectivity index (χ0) is 12.7. The van der Waals surface area contributed by atoms with Crippen LogP contribution in [0.4, 0.5) is 0 Å². The topological polar surface area (TPSA) is 12.0 Å². The van der Waals surface area contributed by atoms with Crippen LogP contribution in [0.1, 0.15) is 37.0 Å². The van der Waals surface area contributed by atoms with E-state index in [4.69, 9.17) is 0 Å². The number of benzene rings is 1. The van der Waals surface area contributed by atoms with Crippen molar-refractivity contribution in [1.82, 2.24) is 5.32 Å². The van der Waals surface area contributed by atoms with Crippen LogP contribution in [0.3, 0.4) is 0 Å². The van der Waals surface area contributed by atoms with Crippen LogP contribution in [0.2, 0.25) is 0 Å². The summed E-state index contributed by atoms with van der Waals surface area (Å²) in [6.45, 7) is 9.83. The Morgan fingerprint density at radius 1 is 1.29 bits per heavy atom. The van der Waals surface area contributed by atoms with Crippen LogP contribution >= 0.6 is 11.8 Å². The van der Waals surface area contributed by atoms with Crippen LogP contribution in [0.25, 0.3) is 0 Å². The molecule has 0 fully saturated rings. The van der Waals surface area contributed by atoms with Crippen LogP contribution in [0.5, 0.6) is 0 Å². The van der Waals surface area contributed by atoms with Gasteiger partial charge in [-0.25, -0.2) is 0 Å². The van der Waals surface area contributed by atoms with Crippen LogP contribution < -0.4 is 5.32 Å². The van der Waals surface area contributed by atoms with Gasteiger partial charge in [0.05, 0.1) is 0 Å². The number of hydrogen-bond acceptors (Lipinski definition) is 2. The van der Waals surface area contributed by atoms with E-state index < -0.39 is 0 Å². The average molecular weight is 251 g/mol. The summed E-state index contributed by atoms with van der Waals surface area (Å²) in [5, 5.41) is 3.60. The molecule has 1 atom stereocenters. The minimum absolute atomic E-state index is 0.606. The number of thioether (sulfide) groups is 1. The fourth-order valence-corrected chi connectivity index (χ4v) is 2.64. The molecule has 0 radical (unpaired) electrons. The van der Waals surface area contributed by atoms with Crippen LogP contribution in [0.15, 0.2) is 18.2 Å². The lowest BCUT2D eigenvalue weighted by atomic mass is 10.1. The highest BCUT2D eigenvalue weighted by Crippen LogP contribution is 2.11. The van der Waals surface area contributed by atoms with Gasteiger partial charge in [0.1, 0.15) is 0 Å². The second-order valence-electron chi connectivity index (χ2n) is 4.70. The van der Waals surface area contributed by atoms with Crippen LogP contribution in [-0.4, -0.2) is 17.5 Å². The van der Waals surface area contributed by atoms with Crippen molar-refractivity contribution < 1.29 is 0 Å². The van der Waals surface area contributed by atoms with Gasteiger partial charge in [-0.2, -0.15) is 11.8 Å². The molecule has 1 unspecified atom stereocenters. The number of rotatable bonds is 7. The maximum atomic E-state index is 3.60. The molecule has 1 rings (SSSR count). The van der Waals surface area contributed by atoms with Gasteiger partial charge in [-0.1, -0.05) is 30.7 Å². The molecule has 1 aromatic rings. The molecule has 0 bridgehead atoms. The predicted molar refractivity (Wildman–Crippen MR) is 79.8 cm³/mol. The third kappa shape index (κ3) is 5.60. The number of nitrogens with one attached hydrogen (secondary N) is 1. The summed E-state index contributed by atoms with van der Waals surface area (Å²) in [5.41, 5.74) is 4.16. The largest absolute Gasteiger partial charge is 0.310 e. The van der Waals surface area contributed by atoms with E-state index in [-0.39, 0.29) is 0 Å². The van der Waals surface area contributed by atoms with Gasteiger partial charge in [0.25, 0.3) is 0 Å². The van der Waals surface area contributed by atoms with Crippen molar-refractivity contribution in [3.8, 4) is 0 Å². The summed E-state index contributed by atoms with van der Waals surface area (Å²) in [4.78, 5) is 0. The lowest BCUT2D eigenvalue weighted by molar-refractivity contribution is 0.536. The summed E-state index contributed by atoms with van der Waals surface area (Å²) >= 11 is 2.02. The Morgan fingerprint density at radius 2 is 2.06 bits per heavy atom. The first kappa shape index (κ1) is 14.6. The fourth-order valence-electron chi connectivity index (χ4n) is 1.83. The summed E-state index contributed by atoms with van der Waals surface area (Å²) < 4.78 is 0. The van der Waals surface area contributed by atoms with Gasteiger partial charge < -0.3 is 5.32 Å². The van der Waals surface area contributed by atoms with Gasteiger partial charge in [0.2, 0.25) is 0 Å². The van der Waals surface area contributed by atoms with Crippen molar-refractivity contribution in [3.63, 3.8) is 0 Å². The van der Waals surface area contributed by atoms with Crippen molar-refractivity contribution in [3.05, 3.63) is 34.9 Å². The minimum Gasteiger partial charge on any atom is -0.310 e. The highest BCUT2D eigenvalue weighted by molar-refractivity contribution is 7.99. The molecule has 0 spiro atoms. The molecule has 2 heteroatoms. The number of hydrogen-bond donors (Lipinski definition) is 1. The third-order valence-corrected chi connectivity index (χ3v) is 3.97. The first-order valence-electron chi connectivity index (χ1n) is 6.50. The van der Waals surface area contributed by atoms with E-state index >= 15 is 0 Å². The Labute approximate surface area is 110 Å². The molecule has 17 heavy (non-hydrogen) atoms. The van der Waals surface area contributed by atoms with Crippen molar-refractivity contribution in [2.75, 3.05) is 11.5 Å². The van der Waals surface area contributed by atoms with Gasteiger partial charge in [-0.05, 0) is 49.8 Å². The molecule has 0 saturated heterocycles. The Balaban J connectivity index is 2.34. The first-order chi connectivity index (χ1) is 8.13. The first-order valence-corrected chi connectivity index (χ1v) is 7.66. The highest BCUT2D eigenvalue weighted by atomic mass is 32.2. The monoisotopic (exact) mass is 251 g/mol. The summed E-state index contributed by atoms with van der Waals surface area (Å²) in [7, 11) is 0. The molecule has 0 aromatic heterocycles. The Kier molecular flexibility index (Phi) is 6.68. The normalized spacial score (nSPS) is 12.7. The molecule has 96 valence electrons. The maximum absolute atomic E-state index is 3.60. The van der Waals surface area contributed by atoms with Crippen LogP contribution in [-0.2, 0) is 6.54 Å². The Morgan fingerprint density at radius 3 is 2.71 bits per heavy atom. The maximum Gasteiger partial charge on any atom is 0.0210 e.